The van der Waals surface area contributed by atoms with Crippen molar-refractivity contribution in [3.63, 3.8) is 0 Å². The van der Waals surface area contributed by atoms with Gasteiger partial charge in [-0.3, -0.25) is 4.68 Å². The molecule has 0 aliphatic heterocycles. The predicted molar refractivity (Wildman–Crippen MR) is 78.2 cm³/mol. The molecular weight excluding hydrogens is 268 g/mol. The minimum Gasteiger partial charge on any atom is -0.272 e. The normalized spacial score (nSPS) is 16.0. The zero-order valence-corrected chi connectivity index (χ0v) is 12.9. The molecule has 1 fully saturated rings. The molecule has 21 heavy (non-hydrogen) atoms. The van der Waals surface area contributed by atoms with Crippen LogP contribution in [0.5, 0.6) is 0 Å². The first kappa shape index (κ1) is 14.0. The molecule has 2 heterocycles. The van der Waals surface area contributed by atoms with E-state index < -0.39 is 0 Å². The van der Waals surface area contributed by atoms with Crippen LogP contribution >= 0.6 is 0 Å². The molecule has 0 aromatic carbocycles. The third-order valence-electron chi connectivity index (χ3n) is 4.56. The highest BCUT2D eigenvalue weighted by atomic mass is 16.2. The van der Waals surface area contributed by atoms with E-state index in [0.717, 1.165) is 30.7 Å². The Labute approximate surface area is 123 Å². The third-order valence-corrected chi connectivity index (χ3v) is 4.56. The van der Waals surface area contributed by atoms with Gasteiger partial charge in [0.1, 0.15) is 0 Å². The number of rotatable bonds is 4. The van der Waals surface area contributed by atoms with Gasteiger partial charge >= 0.3 is 5.69 Å². The second-order valence-corrected chi connectivity index (χ2v) is 5.89. The summed E-state index contributed by atoms with van der Waals surface area (Å²) >= 11 is 0. The van der Waals surface area contributed by atoms with Crippen molar-refractivity contribution in [2.75, 3.05) is 0 Å². The van der Waals surface area contributed by atoms with Crippen LogP contribution in [0.3, 0.4) is 0 Å². The van der Waals surface area contributed by atoms with Gasteiger partial charge in [0.25, 0.3) is 0 Å². The molecule has 2 aromatic heterocycles. The van der Waals surface area contributed by atoms with Crippen molar-refractivity contribution in [3.05, 3.63) is 27.4 Å². The summed E-state index contributed by atoms with van der Waals surface area (Å²) in [4.78, 5) is 12.3. The summed E-state index contributed by atoms with van der Waals surface area (Å²) in [5.74, 6) is 0. The van der Waals surface area contributed by atoms with E-state index in [1.54, 1.807) is 4.68 Å². The maximum Gasteiger partial charge on any atom is 0.363 e. The number of nitrogens with zero attached hydrogens (tertiary/aromatic N) is 6. The fourth-order valence-electron chi connectivity index (χ4n) is 3.20. The Morgan fingerprint density at radius 1 is 1.19 bits per heavy atom. The van der Waals surface area contributed by atoms with Crippen LogP contribution in [0.1, 0.15) is 48.7 Å². The summed E-state index contributed by atoms with van der Waals surface area (Å²) in [6.07, 6.45) is 5.20. The van der Waals surface area contributed by atoms with Gasteiger partial charge in [-0.1, -0.05) is 12.8 Å². The molecule has 1 aliphatic rings. The van der Waals surface area contributed by atoms with Crippen molar-refractivity contribution < 1.29 is 0 Å². The predicted octanol–water partition coefficient (Wildman–Crippen LogP) is 1.15. The summed E-state index contributed by atoms with van der Waals surface area (Å²) in [6, 6.07) is 0.244. The molecule has 1 saturated carbocycles. The van der Waals surface area contributed by atoms with Gasteiger partial charge in [0.05, 0.1) is 18.3 Å². The van der Waals surface area contributed by atoms with E-state index in [4.69, 9.17) is 0 Å². The van der Waals surface area contributed by atoms with Crippen LogP contribution < -0.4 is 5.69 Å². The Morgan fingerprint density at radius 3 is 2.52 bits per heavy atom. The lowest BCUT2D eigenvalue weighted by Gasteiger charge is -2.05. The zero-order valence-electron chi connectivity index (χ0n) is 12.9. The molecule has 0 unspecified atom stereocenters. The SMILES string of the molecule is Cc1nn(C)c(C)c1CCn1nnn(C2CCCC2)c1=O. The van der Waals surface area contributed by atoms with E-state index in [-0.39, 0.29) is 11.7 Å². The molecule has 0 saturated heterocycles. The Morgan fingerprint density at radius 2 is 1.90 bits per heavy atom. The second kappa shape index (κ2) is 5.46. The Balaban J connectivity index is 1.75. The van der Waals surface area contributed by atoms with Gasteiger partial charge in [0, 0.05) is 12.7 Å². The molecule has 7 heteroatoms. The monoisotopic (exact) mass is 290 g/mol. The molecule has 0 amide bonds. The van der Waals surface area contributed by atoms with E-state index in [1.165, 1.54) is 23.1 Å². The fraction of sp³-hybridized carbons (Fsp3) is 0.714. The topological polar surface area (TPSA) is 70.5 Å². The molecule has 114 valence electrons. The molecule has 0 N–H and O–H groups in total. The lowest BCUT2D eigenvalue weighted by molar-refractivity contribution is 0.441. The number of aryl methyl sites for hydroxylation is 3. The van der Waals surface area contributed by atoms with Crippen molar-refractivity contribution in [1.82, 2.24) is 29.6 Å². The lowest BCUT2D eigenvalue weighted by atomic mass is 10.1. The summed E-state index contributed by atoms with van der Waals surface area (Å²) < 4.78 is 4.92. The van der Waals surface area contributed by atoms with E-state index in [2.05, 4.69) is 15.5 Å². The molecule has 0 atom stereocenters. The molecule has 0 radical (unpaired) electrons. The number of aromatic nitrogens is 6. The largest absolute Gasteiger partial charge is 0.363 e. The minimum atomic E-state index is -0.0823. The van der Waals surface area contributed by atoms with Gasteiger partial charge in [0.2, 0.25) is 0 Å². The molecular formula is C14H22N6O. The first-order valence-corrected chi connectivity index (χ1v) is 7.59. The van der Waals surface area contributed by atoms with Crippen LogP contribution in [0, 0.1) is 13.8 Å². The maximum absolute atomic E-state index is 12.3. The van der Waals surface area contributed by atoms with Crippen LogP contribution in [-0.4, -0.2) is 29.6 Å². The summed E-state index contributed by atoms with van der Waals surface area (Å²) in [7, 11) is 1.94. The van der Waals surface area contributed by atoms with Crippen molar-refractivity contribution >= 4 is 0 Å². The first-order valence-electron chi connectivity index (χ1n) is 7.59. The Hall–Kier alpha value is -1.92. The molecule has 2 aromatic rings. The highest BCUT2D eigenvalue weighted by molar-refractivity contribution is 5.24. The van der Waals surface area contributed by atoms with Crippen molar-refractivity contribution in [1.29, 1.82) is 0 Å². The van der Waals surface area contributed by atoms with Crippen LogP contribution in [0.4, 0.5) is 0 Å². The van der Waals surface area contributed by atoms with E-state index >= 15 is 0 Å². The van der Waals surface area contributed by atoms with Gasteiger partial charge in [-0.05, 0) is 49.1 Å². The average Bonchev–Trinajstić information content (AvgIpc) is 3.13. The lowest BCUT2D eigenvalue weighted by Crippen LogP contribution is -2.28. The van der Waals surface area contributed by atoms with E-state index in [0.29, 0.717) is 6.54 Å². The smallest absolute Gasteiger partial charge is 0.272 e. The van der Waals surface area contributed by atoms with Crippen LogP contribution in [-0.2, 0) is 20.0 Å². The van der Waals surface area contributed by atoms with Gasteiger partial charge < -0.3 is 0 Å². The maximum atomic E-state index is 12.3. The number of tetrazole rings is 1. The fourth-order valence-corrected chi connectivity index (χ4v) is 3.20. The second-order valence-electron chi connectivity index (χ2n) is 5.89. The molecule has 3 rings (SSSR count). The van der Waals surface area contributed by atoms with E-state index in [1.807, 2.05) is 25.6 Å². The Bertz CT molecular complexity index is 689. The zero-order chi connectivity index (χ0) is 15.0. The van der Waals surface area contributed by atoms with Crippen molar-refractivity contribution in [2.45, 2.75) is 58.5 Å². The highest BCUT2D eigenvalue weighted by Crippen LogP contribution is 2.27. The van der Waals surface area contributed by atoms with Gasteiger partial charge in [-0.25, -0.2) is 4.79 Å². The van der Waals surface area contributed by atoms with Gasteiger partial charge in [-0.2, -0.15) is 14.5 Å². The molecule has 1 aliphatic carbocycles. The molecule has 0 bridgehead atoms. The van der Waals surface area contributed by atoms with Crippen molar-refractivity contribution in [2.24, 2.45) is 7.05 Å². The van der Waals surface area contributed by atoms with Crippen LogP contribution in [0.2, 0.25) is 0 Å². The Kier molecular flexibility index (Phi) is 3.65. The van der Waals surface area contributed by atoms with Gasteiger partial charge in [0.15, 0.2) is 0 Å². The van der Waals surface area contributed by atoms with Crippen molar-refractivity contribution in [3.8, 4) is 0 Å². The quantitative estimate of drug-likeness (QED) is 0.847. The van der Waals surface area contributed by atoms with Crippen LogP contribution in [0.15, 0.2) is 4.79 Å². The summed E-state index contributed by atoms with van der Waals surface area (Å²) in [5.41, 5.74) is 3.27. The van der Waals surface area contributed by atoms with Gasteiger partial charge in [-0.15, -0.1) is 0 Å². The van der Waals surface area contributed by atoms with E-state index in [9.17, 15) is 4.79 Å². The van der Waals surface area contributed by atoms with Crippen LogP contribution in [0.25, 0.3) is 0 Å². The highest BCUT2D eigenvalue weighted by Gasteiger charge is 2.21. The summed E-state index contributed by atoms with van der Waals surface area (Å²) in [6.45, 7) is 4.60. The molecule has 0 spiro atoms. The average molecular weight is 290 g/mol. The standard InChI is InChI=1S/C14H22N6O/c1-10-13(11(2)18(3)15-10)8-9-19-14(21)20(17-16-19)12-6-4-5-7-12/h12H,4-9H2,1-3H3. The molecule has 7 nitrogen and oxygen atoms in total. The summed E-state index contributed by atoms with van der Waals surface area (Å²) in [5, 5.41) is 12.5. The number of hydrogen-bond donors (Lipinski definition) is 0. The third kappa shape index (κ3) is 2.52. The first-order chi connectivity index (χ1) is 10.1. The number of hydrogen-bond acceptors (Lipinski definition) is 4. The minimum absolute atomic E-state index is 0.0823.